The number of unbranched alkanes of at least 4 members (excludes halogenated alkanes) is 1. The van der Waals surface area contributed by atoms with Crippen LogP contribution in [0.2, 0.25) is 0 Å². The molecule has 0 aliphatic carbocycles. The molecule has 5 nitrogen and oxygen atoms in total. The van der Waals surface area contributed by atoms with Crippen molar-refractivity contribution >= 4 is 33.4 Å². The second-order valence-corrected chi connectivity index (χ2v) is 9.22. The van der Waals surface area contributed by atoms with Crippen LogP contribution in [-0.4, -0.2) is 43.7 Å². The van der Waals surface area contributed by atoms with E-state index in [2.05, 4.69) is 12.2 Å². The summed E-state index contributed by atoms with van der Waals surface area (Å²) in [6.07, 6.45) is 2.18. The Bertz CT molecular complexity index is 643. The molecule has 0 aliphatic heterocycles. The molecule has 0 saturated carbocycles. The monoisotopic (exact) mass is 358 g/mol. The first-order valence-electron chi connectivity index (χ1n) is 7.65. The van der Waals surface area contributed by atoms with Crippen molar-refractivity contribution in [2.75, 3.05) is 25.2 Å². The summed E-state index contributed by atoms with van der Waals surface area (Å²) in [4.78, 5) is 12.4. The molecule has 0 heterocycles. The standard InChI is InChI=1S/C16H26N2O3S2/c1-6-7-10-22-13(3)16(19)17-15-11-14(9-8-12(15)2)23(20,21)18(4)5/h8-9,11,13H,6-7,10H2,1-5H3,(H,17,19). The van der Waals surface area contributed by atoms with Gasteiger partial charge in [0, 0.05) is 19.8 Å². The van der Waals surface area contributed by atoms with Crippen molar-refractivity contribution in [3.8, 4) is 0 Å². The van der Waals surface area contributed by atoms with E-state index in [4.69, 9.17) is 0 Å². The Morgan fingerprint density at radius 1 is 1.35 bits per heavy atom. The normalized spacial score (nSPS) is 13.1. The number of sulfonamides is 1. The summed E-state index contributed by atoms with van der Waals surface area (Å²) in [5.41, 5.74) is 1.38. The van der Waals surface area contributed by atoms with Crippen molar-refractivity contribution in [1.82, 2.24) is 4.31 Å². The molecule has 130 valence electrons. The van der Waals surface area contributed by atoms with Crippen LogP contribution >= 0.6 is 11.8 Å². The first-order chi connectivity index (χ1) is 10.7. The maximum atomic E-state index is 12.3. The van der Waals surface area contributed by atoms with E-state index in [9.17, 15) is 13.2 Å². The lowest BCUT2D eigenvalue weighted by atomic mass is 10.2. The molecule has 1 amide bonds. The highest BCUT2D eigenvalue weighted by molar-refractivity contribution is 8.00. The van der Waals surface area contributed by atoms with Gasteiger partial charge in [-0.05, 0) is 43.7 Å². The van der Waals surface area contributed by atoms with Crippen LogP contribution in [0, 0.1) is 6.92 Å². The summed E-state index contributed by atoms with van der Waals surface area (Å²) >= 11 is 1.61. The molecule has 1 aromatic carbocycles. The van der Waals surface area contributed by atoms with Crippen LogP contribution in [0.15, 0.2) is 23.1 Å². The number of amides is 1. The molecule has 0 spiro atoms. The van der Waals surface area contributed by atoms with E-state index in [0.717, 1.165) is 28.5 Å². The van der Waals surface area contributed by atoms with E-state index < -0.39 is 10.0 Å². The number of nitrogens with zero attached hydrogens (tertiary/aromatic N) is 1. The van der Waals surface area contributed by atoms with Gasteiger partial charge in [-0.2, -0.15) is 0 Å². The molecule has 1 unspecified atom stereocenters. The van der Waals surface area contributed by atoms with Crippen LogP contribution in [0.1, 0.15) is 32.3 Å². The van der Waals surface area contributed by atoms with Gasteiger partial charge in [-0.1, -0.05) is 19.4 Å². The van der Waals surface area contributed by atoms with E-state index in [1.54, 1.807) is 23.9 Å². The van der Waals surface area contributed by atoms with Crippen LogP contribution in [0.3, 0.4) is 0 Å². The minimum Gasteiger partial charge on any atom is -0.325 e. The van der Waals surface area contributed by atoms with E-state index in [1.807, 2.05) is 13.8 Å². The predicted octanol–water partition coefficient (Wildman–Crippen LogP) is 3.11. The van der Waals surface area contributed by atoms with Gasteiger partial charge in [0.15, 0.2) is 0 Å². The number of benzene rings is 1. The molecule has 0 aromatic heterocycles. The zero-order chi connectivity index (χ0) is 17.6. The van der Waals surface area contributed by atoms with E-state index in [0.29, 0.717) is 5.69 Å². The highest BCUT2D eigenvalue weighted by atomic mass is 32.2. The molecule has 0 fully saturated rings. The van der Waals surface area contributed by atoms with Crippen molar-refractivity contribution in [3.63, 3.8) is 0 Å². The Hall–Kier alpha value is -1.05. The Morgan fingerprint density at radius 2 is 2.00 bits per heavy atom. The van der Waals surface area contributed by atoms with E-state index in [1.165, 1.54) is 20.2 Å². The molecule has 1 N–H and O–H groups in total. The number of carbonyl (C=O) groups excluding carboxylic acids is 1. The molecule has 0 aliphatic rings. The summed E-state index contributed by atoms with van der Waals surface area (Å²) in [6.45, 7) is 5.83. The van der Waals surface area contributed by atoms with Gasteiger partial charge in [-0.15, -0.1) is 11.8 Å². The lowest BCUT2D eigenvalue weighted by molar-refractivity contribution is -0.115. The van der Waals surface area contributed by atoms with Crippen LogP contribution in [0.5, 0.6) is 0 Å². The predicted molar refractivity (Wildman–Crippen MR) is 97.5 cm³/mol. The SMILES string of the molecule is CCCCSC(C)C(=O)Nc1cc(S(=O)(=O)N(C)C)ccc1C. The number of rotatable bonds is 8. The molecule has 1 rings (SSSR count). The first kappa shape index (κ1) is 20.0. The molecule has 0 radical (unpaired) electrons. The number of aryl methyl sites for hydroxylation is 1. The van der Waals surface area contributed by atoms with Crippen LogP contribution < -0.4 is 5.32 Å². The average molecular weight is 359 g/mol. The second kappa shape index (κ2) is 8.70. The van der Waals surface area contributed by atoms with Gasteiger partial charge in [-0.3, -0.25) is 4.79 Å². The zero-order valence-electron chi connectivity index (χ0n) is 14.4. The topological polar surface area (TPSA) is 66.5 Å². The van der Waals surface area contributed by atoms with Crippen LogP contribution in [-0.2, 0) is 14.8 Å². The molecule has 0 saturated heterocycles. The minimum atomic E-state index is -3.51. The molecule has 23 heavy (non-hydrogen) atoms. The first-order valence-corrected chi connectivity index (χ1v) is 10.1. The Morgan fingerprint density at radius 3 is 2.57 bits per heavy atom. The van der Waals surface area contributed by atoms with Crippen molar-refractivity contribution < 1.29 is 13.2 Å². The highest BCUT2D eigenvalue weighted by Crippen LogP contribution is 2.23. The lowest BCUT2D eigenvalue weighted by Gasteiger charge is -2.16. The fraction of sp³-hybridized carbons (Fsp3) is 0.562. The van der Waals surface area contributed by atoms with Crippen LogP contribution in [0.25, 0.3) is 0 Å². The van der Waals surface area contributed by atoms with Crippen LogP contribution in [0.4, 0.5) is 5.69 Å². The third-order valence-corrected chi connectivity index (χ3v) is 6.53. The number of carbonyl (C=O) groups is 1. The third-order valence-electron chi connectivity index (χ3n) is 3.48. The van der Waals surface area contributed by atoms with E-state index >= 15 is 0 Å². The molecular weight excluding hydrogens is 332 g/mol. The fourth-order valence-corrected chi connectivity index (χ4v) is 3.77. The Labute approximate surface area is 143 Å². The number of thioether (sulfide) groups is 1. The minimum absolute atomic E-state index is 0.103. The van der Waals surface area contributed by atoms with Crippen molar-refractivity contribution in [3.05, 3.63) is 23.8 Å². The summed E-state index contributed by atoms with van der Waals surface area (Å²) in [5, 5.41) is 2.67. The van der Waals surface area contributed by atoms with Crippen molar-refractivity contribution in [2.24, 2.45) is 0 Å². The quantitative estimate of drug-likeness (QED) is 0.725. The molecule has 7 heteroatoms. The summed E-state index contributed by atoms with van der Waals surface area (Å²) in [5.74, 6) is 0.840. The van der Waals surface area contributed by atoms with Gasteiger partial charge in [0.05, 0.1) is 10.1 Å². The largest absolute Gasteiger partial charge is 0.325 e. The molecule has 1 atom stereocenters. The smallest absolute Gasteiger partial charge is 0.242 e. The maximum absolute atomic E-state index is 12.3. The van der Waals surface area contributed by atoms with Gasteiger partial charge in [0.1, 0.15) is 0 Å². The number of nitrogens with one attached hydrogen (secondary N) is 1. The second-order valence-electron chi connectivity index (χ2n) is 5.62. The zero-order valence-corrected chi connectivity index (χ0v) is 16.1. The molecular formula is C16H26N2O3S2. The van der Waals surface area contributed by atoms with Crippen molar-refractivity contribution in [1.29, 1.82) is 0 Å². The number of hydrogen-bond acceptors (Lipinski definition) is 4. The molecule has 0 bridgehead atoms. The summed E-state index contributed by atoms with van der Waals surface area (Å²) in [6, 6.07) is 4.78. The summed E-state index contributed by atoms with van der Waals surface area (Å²) < 4.78 is 25.6. The highest BCUT2D eigenvalue weighted by Gasteiger charge is 2.20. The van der Waals surface area contributed by atoms with Gasteiger partial charge in [-0.25, -0.2) is 12.7 Å². The fourth-order valence-electron chi connectivity index (χ4n) is 1.82. The lowest BCUT2D eigenvalue weighted by Crippen LogP contribution is -2.24. The number of hydrogen-bond donors (Lipinski definition) is 1. The average Bonchev–Trinajstić information content (AvgIpc) is 2.49. The van der Waals surface area contributed by atoms with Gasteiger partial charge < -0.3 is 5.32 Å². The number of anilines is 1. The Balaban J connectivity index is 2.90. The third kappa shape index (κ3) is 5.51. The molecule has 1 aromatic rings. The maximum Gasteiger partial charge on any atom is 0.242 e. The van der Waals surface area contributed by atoms with Gasteiger partial charge in [0.25, 0.3) is 0 Å². The van der Waals surface area contributed by atoms with Gasteiger partial charge >= 0.3 is 0 Å². The Kier molecular flexibility index (Phi) is 7.57. The summed E-state index contributed by atoms with van der Waals surface area (Å²) in [7, 11) is -0.541. The van der Waals surface area contributed by atoms with Crippen molar-refractivity contribution in [2.45, 2.75) is 43.8 Å². The van der Waals surface area contributed by atoms with Gasteiger partial charge in [0.2, 0.25) is 15.9 Å². The van der Waals surface area contributed by atoms with E-state index in [-0.39, 0.29) is 16.1 Å².